The zero-order valence-corrected chi connectivity index (χ0v) is 19.5. The quantitative estimate of drug-likeness (QED) is 0.438. The first-order chi connectivity index (χ1) is 14.4. The van der Waals surface area contributed by atoms with E-state index in [9.17, 15) is 26.9 Å². The fourth-order valence-electron chi connectivity index (χ4n) is 2.98. The molecule has 0 amide bonds. The number of benzene rings is 2. The van der Waals surface area contributed by atoms with Crippen molar-refractivity contribution in [3.8, 4) is 5.75 Å². The molecule has 0 bridgehead atoms. The highest BCUT2D eigenvalue weighted by atomic mass is 32.2. The Bertz CT molecular complexity index is 1210. The first kappa shape index (κ1) is 24.6. The third kappa shape index (κ3) is 4.97. The van der Waals surface area contributed by atoms with E-state index < -0.39 is 30.7 Å². The minimum atomic E-state index is -4.25. The second kappa shape index (κ2) is 9.20. The molecule has 12 heteroatoms. The van der Waals surface area contributed by atoms with Gasteiger partial charge >= 0.3 is 5.69 Å². The van der Waals surface area contributed by atoms with E-state index in [4.69, 9.17) is 4.74 Å². The lowest BCUT2D eigenvalue weighted by atomic mass is 10.1. The van der Waals surface area contributed by atoms with Crippen LogP contribution in [0, 0.1) is 24.0 Å². The van der Waals surface area contributed by atoms with Crippen molar-refractivity contribution >= 4 is 31.4 Å². The third-order valence-electron chi connectivity index (χ3n) is 4.89. The minimum absolute atomic E-state index is 0.0438. The van der Waals surface area contributed by atoms with Crippen molar-refractivity contribution in [1.29, 1.82) is 0 Å². The molecular weight excluding hydrogens is 446 g/mol. The summed E-state index contributed by atoms with van der Waals surface area (Å²) >= 11 is 0. The van der Waals surface area contributed by atoms with Crippen LogP contribution >= 0.6 is 0 Å². The molecule has 170 valence electrons. The van der Waals surface area contributed by atoms with Gasteiger partial charge < -0.3 is 4.74 Å². The molecule has 10 nitrogen and oxygen atoms in total. The highest BCUT2D eigenvalue weighted by molar-refractivity contribution is 7.92. The Morgan fingerprint density at radius 3 is 2.16 bits per heavy atom. The first-order valence-electron chi connectivity index (χ1n) is 9.35. The third-order valence-corrected chi connectivity index (χ3v) is 8.28. The van der Waals surface area contributed by atoms with E-state index in [2.05, 4.69) is 4.72 Å². The van der Waals surface area contributed by atoms with Gasteiger partial charge in [-0.3, -0.25) is 14.8 Å². The van der Waals surface area contributed by atoms with Gasteiger partial charge in [-0.15, -0.1) is 0 Å². The summed E-state index contributed by atoms with van der Waals surface area (Å²) in [5.74, 6) is -0.0803. The zero-order chi connectivity index (χ0) is 23.6. The van der Waals surface area contributed by atoms with Crippen LogP contribution in [0.15, 0.2) is 40.1 Å². The lowest BCUT2D eigenvalue weighted by molar-refractivity contribution is -0.386. The summed E-state index contributed by atoms with van der Waals surface area (Å²) in [5, 5.41) is 11.2. The van der Waals surface area contributed by atoms with E-state index in [0.29, 0.717) is 11.1 Å². The maximum absolute atomic E-state index is 12.9. The molecule has 1 N–H and O–H groups in total. The Kier molecular flexibility index (Phi) is 7.29. The summed E-state index contributed by atoms with van der Waals surface area (Å²) in [6, 6.07) is 5.99. The van der Waals surface area contributed by atoms with E-state index in [1.54, 1.807) is 27.7 Å². The van der Waals surface area contributed by atoms with Crippen molar-refractivity contribution in [3.05, 3.63) is 51.6 Å². The second-order valence-electron chi connectivity index (χ2n) is 6.70. The maximum Gasteiger partial charge on any atom is 0.312 e. The number of nitrogens with zero attached hydrogens (tertiary/aromatic N) is 2. The molecule has 0 aliphatic carbocycles. The minimum Gasteiger partial charge on any atom is -0.490 e. The number of ether oxygens (including phenoxy) is 1. The van der Waals surface area contributed by atoms with Gasteiger partial charge in [-0.25, -0.2) is 16.8 Å². The summed E-state index contributed by atoms with van der Waals surface area (Å²) in [6.07, 6.45) is 0. The second-order valence-corrected chi connectivity index (χ2v) is 10.3. The maximum atomic E-state index is 12.9. The van der Waals surface area contributed by atoms with Crippen LogP contribution in [0.2, 0.25) is 0 Å². The van der Waals surface area contributed by atoms with Gasteiger partial charge in [-0.05, 0) is 49.2 Å². The van der Waals surface area contributed by atoms with Crippen LogP contribution < -0.4 is 9.46 Å². The summed E-state index contributed by atoms with van der Waals surface area (Å²) in [7, 11) is -6.82. The number of nitro groups is 1. The van der Waals surface area contributed by atoms with Gasteiger partial charge in [-0.2, -0.15) is 4.31 Å². The fourth-order valence-corrected chi connectivity index (χ4v) is 5.68. The largest absolute Gasteiger partial charge is 0.490 e. The van der Waals surface area contributed by atoms with E-state index in [1.165, 1.54) is 35.7 Å². The van der Waals surface area contributed by atoms with Gasteiger partial charge in [0.2, 0.25) is 10.0 Å². The van der Waals surface area contributed by atoms with Gasteiger partial charge in [0.05, 0.1) is 27.5 Å². The molecule has 0 spiro atoms. The lowest BCUT2D eigenvalue weighted by Crippen LogP contribution is -2.30. The molecular formula is C19H25N3O7S2. The molecule has 0 unspecified atom stereocenters. The number of hydrogen-bond acceptors (Lipinski definition) is 7. The predicted molar refractivity (Wildman–Crippen MR) is 116 cm³/mol. The van der Waals surface area contributed by atoms with Crippen molar-refractivity contribution < 1.29 is 26.5 Å². The fraction of sp³-hybridized carbons (Fsp3) is 0.368. The molecule has 2 aromatic carbocycles. The molecule has 2 rings (SSSR count). The average molecular weight is 472 g/mol. The highest BCUT2D eigenvalue weighted by Gasteiger charge is 2.26. The van der Waals surface area contributed by atoms with Gasteiger partial charge in [0.25, 0.3) is 10.0 Å². The Balaban J connectivity index is 2.57. The standard InChI is InChI=1S/C19H25N3O7S2/c1-6-21(7-2)31(27,28)16-10-13(3)14(4)17(11-16)20-30(25,26)15-8-9-19(29-5)18(12-15)22(23)24/h8-12,20H,6-7H2,1-5H3. The van der Waals surface area contributed by atoms with Gasteiger partial charge in [-0.1, -0.05) is 13.8 Å². The zero-order valence-electron chi connectivity index (χ0n) is 17.9. The van der Waals surface area contributed by atoms with Crippen molar-refractivity contribution in [2.75, 3.05) is 24.9 Å². The van der Waals surface area contributed by atoms with E-state index >= 15 is 0 Å². The SMILES string of the molecule is CCN(CC)S(=O)(=O)c1cc(C)c(C)c(NS(=O)(=O)c2ccc(OC)c([N+](=O)[O-])c2)c1. The van der Waals surface area contributed by atoms with E-state index in [0.717, 1.165) is 6.07 Å². The number of methoxy groups -OCH3 is 1. The Morgan fingerprint density at radius 1 is 1.03 bits per heavy atom. The summed E-state index contributed by atoms with van der Waals surface area (Å²) in [6.45, 7) is 7.28. The Hall–Kier alpha value is -2.70. The number of aryl methyl sites for hydroxylation is 1. The molecule has 0 fully saturated rings. The van der Waals surface area contributed by atoms with Gasteiger partial charge in [0.1, 0.15) is 0 Å². The van der Waals surface area contributed by atoms with Crippen LogP contribution in [0.25, 0.3) is 0 Å². The normalized spacial score (nSPS) is 12.1. The number of hydrogen-bond donors (Lipinski definition) is 1. The highest BCUT2D eigenvalue weighted by Crippen LogP contribution is 2.32. The molecule has 0 radical (unpaired) electrons. The summed E-state index contributed by atoms with van der Waals surface area (Å²) in [5.41, 5.74) is 0.678. The number of nitrogens with one attached hydrogen (secondary N) is 1. The average Bonchev–Trinajstić information content (AvgIpc) is 2.71. The number of sulfonamides is 2. The van der Waals surface area contributed by atoms with Crippen molar-refractivity contribution in [2.24, 2.45) is 0 Å². The predicted octanol–water partition coefficient (Wildman–Crippen LogP) is 3.05. The van der Waals surface area contributed by atoms with Crippen LogP contribution in [0.1, 0.15) is 25.0 Å². The number of rotatable bonds is 9. The Morgan fingerprint density at radius 2 is 1.65 bits per heavy atom. The topological polar surface area (TPSA) is 136 Å². The van der Waals surface area contributed by atoms with Gasteiger partial charge in [0, 0.05) is 19.2 Å². The van der Waals surface area contributed by atoms with Gasteiger partial charge in [0.15, 0.2) is 5.75 Å². The molecule has 0 saturated heterocycles. The van der Waals surface area contributed by atoms with Crippen LogP contribution in [0.3, 0.4) is 0 Å². The number of nitro benzene ring substituents is 1. The van der Waals surface area contributed by atoms with Crippen LogP contribution in [0.4, 0.5) is 11.4 Å². The van der Waals surface area contributed by atoms with Crippen LogP contribution in [-0.2, 0) is 20.0 Å². The van der Waals surface area contributed by atoms with Crippen molar-refractivity contribution in [3.63, 3.8) is 0 Å². The monoisotopic (exact) mass is 471 g/mol. The smallest absolute Gasteiger partial charge is 0.312 e. The van der Waals surface area contributed by atoms with Crippen molar-refractivity contribution in [1.82, 2.24) is 4.31 Å². The van der Waals surface area contributed by atoms with E-state index in [1.807, 2.05) is 0 Å². The van der Waals surface area contributed by atoms with Crippen LogP contribution in [0.5, 0.6) is 5.75 Å². The molecule has 31 heavy (non-hydrogen) atoms. The summed E-state index contributed by atoms with van der Waals surface area (Å²) in [4.78, 5) is 10.1. The molecule has 2 aromatic rings. The summed E-state index contributed by atoms with van der Waals surface area (Å²) < 4.78 is 60.1. The molecule has 0 aliphatic rings. The van der Waals surface area contributed by atoms with Crippen molar-refractivity contribution in [2.45, 2.75) is 37.5 Å². The molecule has 0 saturated carbocycles. The molecule has 0 atom stereocenters. The number of anilines is 1. The van der Waals surface area contributed by atoms with E-state index in [-0.39, 0.29) is 34.3 Å². The first-order valence-corrected chi connectivity index (χ1v) is 12.3. The Labute approximate surface area is 182 Å². The molecule has 0 heterocycles. The van der Waals surface area contributed by atoms with Crippen LogP contribution in [-0.4, -0.2) is 46.3 Å². The molecule has 0 aliphatic heterocycles. The lowest BCUT2D eigenvalue weighted by Gasteiger charge is -2.20. The molecule has 0 aromatic heterocycles.